The van der Waals surface area contributed by atoms with Crippen molar-refractivity contribution in [3.05, 3.63) is 29.8 Å². The molecule has 0 aliphatic rings. The fourth-order valence-electron chi connectivity index (χ4n) is 1.32. The second-order valence-electron chi connectivity index (χ2n) is 3.36. The maximum atomic E-state index is 11.0. The fraction of sp³-hybridized carbons (Fsp3) is 0.364. The van der Waals surface area contributed by atoms with Crippen LogP contribution in [0.15, 0.2) is 24.3 Å². The zero-order chi connectivity index (χ0) is 12.0. The van der Waals surface area contributed by atoms with Crippen LogP contribution in [0.5, 0.6) is 5.75 Å². The van der Waals surface area contributed by atoms with Crippen LogP contribution in [-0.2, 0) is 11.2 Å². The van der Waals surface area contributed by atoms with Crippen LogP contribution in [0, 0.1) is 0 Å². The molecule has 0 aromatic heterocycles. The Morgan fingerprint density at radius 3 is 2.62 bits per heavy atom. The summed E-state index contributed by atoms with van der Waals surface area (Å²) >= 11 is 0. The summed E-state index contributed by atoms with van der Waals surface area (Å²) in [5.74, 6) is 0.195. The van der Waals surface area contributed by atoms with Crippen molar-refractivity contribution in [2.75, 3.05) is 6.61 Å². The number of hydroxylamine groups is 1. The van der Waals surface area contributed by atoms with Gasteiger partial charge in [0.2, 0.25) is 0 Å². The minimum absolute atomic E-state index is 0.374. The number of ether oxygens (including phenoxy) is 1. The highest BCUT2D eigenvalue weighted by molar-refractivity contribution is 5.80. The quantitative estimate of drug-likeness (QED) is 0.501. The van der Waals surface area contributed by atoms with Crippen LogP contribution in [0.25, 0.3) is 0 Å². The molecular formula is C11H16N2O3. The first-order chi connectivity index (χ1) is 7.67. The van der Waals surface area contributed by atoms with Crippen LogP contribution < -0.4 is 16.0 Å². The highest BCUT2D eigenvalue weighted by atomic mass is 16.5. The molecule has 5 nitrogen and oxygen atoms in total. The number of hydrogen-bond acceptors (Lipinski definition) is 4. The van der Waals surface area contributed by atoms with Crippen molar-refractivity contribution >= 4 is 5.91 Å². The van der Waals surface area contributed by atoms with E-state index in [0.717, 1.165) is 11.3 Å². The van der Waals surface area contributed by atoms with Gasteiger partial charge in [-0.15, -0.1) is 0 Å². The molecule has 0 heterocycles. The average Bonchev–Trinajstić information content (AvgIpc) is 2.31. The maximum Gasteiger partial charge on any atom is 0.260 e. The molecule has 0 aliphatic heterocycles. The number of rotatable bonds is 5. The lowest BCUT2D eigenvalue weighted by Gasteiger charge is -2.09. The van der Waals surface area contributed by atoms with E-state index in [1.807, 2.05) is 31.2 Å². The molecule has 0 unspecified atom stereocenters. The van der Waals surface area contributed by atoms with Crippen LogP contribution in [0.4, 0.5) is 0 Å². The molecule has 1 aromatic rings. The highest BCUT2D eigenvalue weighted by Gasteiger charge is 2.12. The third kappa shape index (κ3) is 3.52. The summed E-state index contributed by atoms with van der Waals surface area (Å²) in [6.45, 7) is 2.53. The van der Waals surface area contributed by atoms with Crippen LogP contribution in [0.1, 0.15) is 12.5 Å². The molecule has 16 heavy (non-hydrogen) atoms. The Morgan fingerprint density at radius 2 is 2.12 bits per heavy atom. The summed E-state index contributed by atoms with van der Waals surface area (Å²) in [6.07, 6.45) is 0.374. The summed E-state index contributed by atoms with van der Waals surface area (Å²) < 4.78 is 5.28. The molecule has 5 heteroatoms. The van der Waals surface area contributed by atoms with Crippen LogP contribution in [0.3, 0.4) is 0 Å². The monoisotopic (exact) mass is 224 g/mol. The zero-order valence-corrected chi connectivity index (χ0v) is 9.14. The molecule has 0 saturated carbocycles. The summed E-state index contributed by atoms with van der Waals surface area (Å²) in [4.78, 5) is 11.0. The van der Waals surface area contributed by atoms with Gasteiger partial charge in [0.25, 0.3) is 5.91 Å². The van der Waals surface area contributed by atoms with E-state index < -0.39 is 11.9 Å². The minimum Gasteiger partial charge on any atom is -0.494 e. The van der Waals surface area contributed by atoms with Gasteiger partial charge in [-0.2, -0.15) is 0 Å². The average molecular weight is 224 g/mol. The minimum atomic E-state index is -0.747. The van der Waals surface area contributed by atoms with Crippen molar-refractivity contribution in [3.8, 4) is 5.75 Å². The van der Waals surface area contributed by atoms with E-state index in [0.29, 0.717) is 13.0 Å². The van der Waals surface area contributed by atoms with Crippen molar-refractivity contribution in [2.24, 2.45) is 5.73 Å². The molecule has 1 atom stereocenters. The Hall–Kier alpha value is -1.59. The van der Waals surface area contributed by atoms with E-state index in [1.54, 1.807) is 0 Å². The number of carbonyl (C=O) groups is 1. The standard InChI is InChI=1S/C11H16N2O3/c1-2-16-9-5-3-8(4-6-9)7-10(12)11(14)13-15/h3-6,10,15H,2,7,12H2,1H3,(H,13,14)/t10-/m0/s1. The lowest BCUT2D eigenvalue weighted by Crippen LogP contribution is -2.40. The van der Waals surface area contributed by atoms with Crippen molar-refractivity contribution < 1.29 is 14.7 Å². The number of nitrogens with one attached hydrogen (secondary N) is 1. The molecule has 1 aromatic carbocycles. The Balaban J connectivity index is 2.58. The van der Waals surface area contributed by atoms with Crippen LogP contribution in [-0.4, -0.2) is 23.8 Å². The van der Waals surface area contributed by atoms with Gasteiger partial charge in [0, 0.05) is 0 Å². The number of hydrogen-bond donors (Lipinski definition) is 3. The lowest BCUT2D eigenvalue weighted by atomic mass is 10.1. The van der Waals surface area contributed by atoms with Gasteiger partial charge in [-0.05, 0) is 31.0 Å². The molecule has 1 amide bonds. The Bertz CT molecular complexity index is 338. The molecule has 88 valence electrons. The summed E-state index contributed by atoms with van der Waals surface area (Å²) in [5.41, 5.74) is 8.00. The zero-order valence-electron chi connectivity index (χ0n) is 9.14. The Morgan fingerprint density at radius 1 is 1.50 bits per heavy atom. The van der Waals surface area contributed by atoms with Gasteiger partial charge in [-0.1, -0.05) is 12.1 Å². The van der Waals surface area contributed by atoms with Gasteiger partial charge < -0.3 is 10.5 Å². The summed E-state index contributed by atoms with van der Waals surface area (Å²) in [5, 5.41) is 8.40. The molecule has 0 saturated heterocycles. The van der Waals surface area contributed by atoms with Crippen molar-refractivity contribution in [3.63, 3.8) is 0 Å². The largest absolute Gasteiger partial charge is 0.494 e. The second-order valence-corrected chi connectivity index (χ2v) is 3.36. The predicted octanol–water partition coefficient (Wildman–Crippen LogP) is 0.461. The van der Waals surface area contributed by atoms with Crippen molar-refractivity contribution in [1.82, 2.24) is 5.48 Å². The lowest BCUT2D eigenvalue weighted by molar-refractivity contribution is -0.130. The Labute approximate surface area is 94.2 Å². The molecule has 0 spiro atoms. The van der Waals surface area contributed by atoms with Gasteiger partial charge in [-0.3, -0.25) is 10.0 Å². The van der Waals surface area contributed by atoms with Gasteiger partial charge >= 0.3 is 0 Å². The first kappa shape index (κ1) is 12.5. The van der Waals surface area contributed by atoms with E-state index in [2.05, 4.69) is 0 Å². The SMILES string of the molecule is CCOc1ccc(C[C@H](N)C(=O)NO)cc1. The molecule has 0 radical (unpaired) electrons. The normalized spacial score (nSPS) is 11.9. The van der Waals surface area contributed by atoms with E-state index in [1.165, 1.54) is 5.48 Å². The molecule has 0 aliphatic carbocycles. The number of carbonyl (C=O) groups excluding carboxylic acids is 1. The van der Waals surface area contributed by atoms with Crippen molar-refractivity contribution in [1.29, 1.82) is 0 Å². The fourth-order valence-corrected chi connectivity index (χ4v) is 1.32. The van der Waals surface area contributed by atoms with E-state index >= 15 is 0 Å². The summed E-state index contributed by atoms with van der Waals surface area (Å²) in [7, 11) is 0. The third-order valence-electron chi connectivity index (χ3n) is 2.14. The van der Waals surface area contributed by atoms with Crippen LogP contribution in [0.2, 0.25) is 0 Å². The van der Waals surface area contributed by atoms with Gasteiger partial charge in [-0.25, -0.2) is 5.48 Å². The van der Waals surface area contributed by atoms with Gasteiger partial charge in [0.1, 0.15) is 5.75 Å². The molecule has 4 N–H and O–H groups in total. The van der Waals surface area contributed by atoms with Crippen LogP contribution >= 0.6 is 0 Å². The third-order valence-corrected chi connectivity index (χ3v) is 2.14. The molecule has 1 rings (SSSR count). The number of amides is 1. The van der Waals surface area contributed by atoms with Gasteiger partial charge in [0.15, 0.2) is 0 Å². The molecular weight excluding hydrogens is 208 g/mol. The van der Waals surface area contributed by atoms with Crippen molar-refractivity contribution in [2.45, 2.75) is 19.4 Å². The van der Waals surface area contributed by atoms with E-state index in [9.17, 15) is 4.79 Å². The van der Waals surface area contributed by atoms with E-state index in [4.69, 9.17) is 15.7 Å². The molecule has 0 bridgehead atoms. The summed E-state index contributed by atoms with van der Waals surface area (Å²) in [6, 6.07) is 6.58. The molecule has 0 fully saturated rings. The smallest absolute Gasteiger partial charge is 0.260 e. The number of nitrogens with two attached hydrogens (primary N) is 1. The van der Waals surface area contributed by atoms with Gasteiger partial charge in [0.05, 0.1) is 12.6 Å². The first-order valence-corrected chi connectivity index (χ1v) is 5.08. The maximum absolute atomic E-state index is 11.0. The second kappa shape index (κ2) is 6.09. The highest BCUT2D eigenvalue weighted by Crippen LogP contribution is 2.12. The predicted molar refractivity (Wildman–Crippen MR) is 59.2 cm³/mol. The number of benzene rings is 1. The topological polar surface area (TPSA) is 84.6 Å². The van der Waals surface area contributed by atoms with E-state index in [-0.39, 0.29) is 0 Å². The Kier molecular flexibility index (Phi) is 4.75. The first-order valence-electron chi connectivity index (χ1n) is 5.08.